The van der Waals surface area contributed by atoms with Crippen molar-refractivity contribution in [3.05, 3.63) is 0 Å². The van der Waals surface area contributed by atoms with Crippen LogP contribution in [-0.4, -0.2) is 51.5 Å². The van der Waals surface area contributed by atoms with Crippen LogP contribution < -0.4 is 0 Å². The molecule has 6 nitrogen and oxygen atoms in total. The zero-order valence-corrected chi connectivity index (χ0v) is 7.31. The quantitative estimate of drug-likeness (QED) is 0.323. The normalized spacial score (nSPS) is 12.5. The lowest BCUT2D eigenvalue weighted by molar-refractivity contribution is -0.0280. The highest BCUT2D eigenvalue weighted by molar-refractivity contribution is 7.39. The third-order valence-electron chi connectivity index (χ3n) is 1.49. The summed E-state index contributed by atoms with van der Waals surface area (Å²) in [5.74, 6) is 0. The zero-order chi connectivity index (χ0) is 9.61. The van der Waals surface area contributed by atoms with Gasteiger partial charge >= 0.3 is 8.60 Å². The van der Waals surface area contributed by atoms with Crippen LogP contribution in [0.25, 0.3) is 0 Å². The van der Waals surface area contributed by atoms with Crippen LogP contribution in [0.4, 0.5) is 0 Å². The maximum Gasteiger partial charge on any atom is 0.327 e. The second kappa shape index (κ2) is 5.77. The first-order valence-electron chi connectivity index (χ1n) is 3.23. The van der Waals surface area contributed by atoms with Crippen molar-refractivity contribution in [1.82, 2.24) is 0 Å². The predicted molar refractivity (Wildman–Crippen MR) is 41.0 cm³/mol. The highest BCUT2D eigenvalue weighted by Gasteiger charge is 2.29. The average Bonchev–Trinajstić information content (AvgIpc) is 2.08. The van der Waals surface area contributed by atoms with Crippen molar-refractivity contribution in [2.24, 2.45) is 5.41 Å². The Kier molecular flexibility index (Phi) is 5.86. The van der Waals surface area contributed by atoms with Crippen molar-refractivity contribution < 1.29 is 29.6 Å². The van der Waals surface area contributed by atoms with Crippen LogP contribution in [0.15, 0.2) is 0 Å². The van der Waals surface area contributed by atoms with Crippen LogP contribution in [0.2, 0.25) is 0 Å². The first-order chi connectivity index (χ1) is 5.60. The molecule has 0 aliphatic heterocycles. The van der Waals surface area contributed by atoms with Crippen molar-refractivity contribution in [2.75, 3.05) is 26.4 Å². The highest BCUT2D eigenvalue weighted by atomic mass is 31.2. The van der Waals surface area contributed by atoms with Gasteiger partial charge in [0.05, 0.1) is 31.8 Å². The number of aliphatic hydroxyl groups excluding tert-OH is 3. The lowest BCUT2D eigenvalue weighted by atomic mass is 9.93. The van der Waals surface area contributed by atoms with E-state index < -0.39 is 33.8 Å². The van der Waals surface area contributed by atoms with Gasteiger partial charge in [0.2, 0.25) is 0 Å². The molecule has 74 valence electrons. The van der Waals surface area contributed by atoms with E-state index in [1.165, 1.54) is 0 Å². The van der Waals surface area contributed by atoms with Gasteiger partial charge in [0.15, 0.2) is 0 Å². The highest BCUT2D eigenvalue weighted by Crippen LogP contribution is 2.28. The van der Waals surface area contributed by atoms with Crippen LogP contribution >= 0.6 is 8.60 Å². The minimum Gasteiger partial charge on any atom is -0.396 e. The molecule has 0 bridgehead atoms. The molecule has 0 aromatic carbocycles. The zero-order valence-electron chi connectivity index (χ0n) is 6.42. The Morgan fingerprint density at radius 3 is 1.67 bits per heavy atom. The topological polar surface area (TPSA) is 110 Å². The van der Waals surface area contributed by atoms with E-state index in [0.717, 1.165) is 0 Å². The van der Waals surface area contributed by atoms with Crippen molar-refractivity contribution in [3.63, 3.8) is 0 Å². The molecule has 5 N–H and O–H groups in total. The molecule has 0 saturated carbocycles. The molecule has 0 radical (unpaired) electrons. The van der Waals surface area contributed by atoms with Gasteiger partial charge in [-0.15, -0.1) is 0 Å². The van der Waals surface area contributed by atoms with Gasteiger partial charge in [0.1, 0.15) is 0 Å². The molecule has 0 aromatic heterocycles. The van der Waals surface area contributed by atoms with E-state index in [0.29, 0.717) is 0 Å². The fourth-order valence-electron chi connectivity index (χ4n) is 0.482. The fraction of sp³-hybridized carbons (Fsp3) is 1.00. The van der Waals surface area contributed by atoms with E-state index in [2.05, 4.69) is 4.52 Å². The molecular formula is C5H13O6P. The van der Waals surface area contributed by atoms with Crippen molar-refractivity contribution in [2.45, 2.75) is 0 Å². The maximum absolute atomic E-state index is 8.73. The second-order valence-corrected chi connectivity index (χ2v) is 3.26. The summed E-state index contributed by atoms with van der Waals surface area (Å²) in [5, 5.41) is 26.2. The number of aliphatic hydroxyl groups is 3. The maximum atomic E-state index is 8.73. The summed E-state index contributed by atoms with van der Waals surface area (Å²) >= 11 is 0. The van der Waals surface area contributed by atoms with Crippen LogP contribution in [-0.2, 0) is 4.52 Å². The van der Waals surface area contributed by atoms with Gasteiger partial charge in [-0.05, 0) is 0 Å². The molecule has 0 unspecified atom stereocenters. The monoisotopic (exact) mass is 200 g/mol. The van der Waals surface area contributed by atoms with Gasteiger partial charge in [-0.1, -0.05) is 0 Å². The SMILES string of the molecule is OCC(CO)(CO)COP(O)O. The van der Waals surface area contributed by atoms with Gasteiger partial charge in [0, 0.05) is 0 Å². The molecule has 0 aliphatic rings. The van der Waals surface area contributed by atoms with E-state index in [9.17, 15) is 0 Å². The summed E-state index contributed by atoms with van der Waals surface area (Å²) in [5.41, 5.74) is -1.20. The van der Waals surface area contributed by atoms with Crippen molar-refractivity contribution in [3.8, 4) is 0 Å². The molecule has 0 spiro atoms. The molecule has 0 aliphatic carbocycles. The molecule has 7 heteroatoms. The number of rotatable bonds is 6. The van der Waals surface area contributed by atoms with E-state index in [4.69, 9.17) is 25.1 Å². The smallest absolute Gasteiger partial charge is 0.327 e. The van der Waals surface area contributed by atoms with Crippen LogP contribution in [0.3, 0.4) is 0 Å². The molecular weight excluding hydrogens is 187 g/mol. The summed E-state index contributed by atoms with van der Waals surface area (Å²) < 4.78 is 4.38. The predicted octanol–water partition coefficient (Wildman–Crippen LogP) is -1.82. The Hall–Kier alpha value is 0.190. The third-order valence-corrected chi connectivity index (χ3v) is 1.85. The summed E-state index contributed by atoms with van der Waals surface area (Å²) in [4.78, 5) is 16.7. The number of hydrogen-bond acceptors (Lipinski definition) is 6. The van der Waals surface area contributed by atoms with Crippen LogP contribution in [0.1, 0.15) is 0 Å². The third kappa shape index (κ3) is 3.73. The van der Waals surface area contributed by atoms with Crippen LogP contribution in [0, 0.1) is 5.41 Å². The Morgan fingerprint density at radius 2 is 1.42 bits per heavy atom. The first kappa shape index (κ1) is 12.2. The molecule has 0 saturated heterocycles. The molecule has 0 aromatic rings. The number of hydrogen-bond donors (Lipinski definition) is 5. The minimum atomic E-state index is -2.52. The molecule has 0 fully saturated rings. The van der Waals surface area contributed by atoms with Gasteiger partial charge in [-0.25, -0.2) is 0 Å². The Morgan fingerprint density at radius 1 is 1.00 bits per heavy atom. The minimum absolute atomic E-state index is 0.296. The standard InChI is InChI=1S/C5H13O6P/c6-1-5(2-7,3-8)4-11-12(9)10/h6-10H,1-4H2. The van der Waals surface area contributed by atoms with E-state index >= 15 is 0 Å². The summed E-state index contributed by atoms with van der Waals surface area (Å²) in [7, 11) is -2.52. The summed E-state index contributed by atoms with van der Waals surface area (Å²) in [6.45, 7) is -1.75. The molecule has 0 rings (SSSR count). The molecule has 12 heavy (non-hydrogen) atoms. The Bertz CT molecular complexity index is 106. The fourth-order valence-corrected chi connectivity index (χ4v) is 0.871. The molecule has 0 heterocycles. The van der Waals surface area contributed by atoms with E-state index in [1.54, 1.807) is 0 Å². The lowest BCUT2D eigenvalue weighted by Gasteiger charge is -2.26. The van der Waals surface area contributed by atoms with Gasteiger partial charge in [-0.2, -0.15) is 0 Å². The summed E-state index contributed by atoms with van der Waals surface area (Å²) in [6, 6.07) is 0. The molecule has 0 atom stereocenters. The lowest BCUT2D eigenvalue weighted by Crippen LogP contribution is -2.38. The van der Waals surface area contributed by atoms with Gasteiger partial charge in [-0.3, -0.25) is 0 Å². The molecule has 0 amide bonds. The van der Waals surface area contributed by atoms with Crippen molar-refractivity contribution >= 4 is 8.60 Å². The Labute approximate surface area is 71.0 Å². The summed E-state index contributed by atoms with van der Waals surface area (Å²) in [6.07, 6.45) is 0. The van der Waals surface area contributed by atoms with Crippen LogP contribution in [0.5, 0.6) is 0 Å². The average molecular weight is 200 g/mol. The van der Waals surface area contributed by atoms with E-state index in [-0.39, 0.29) is 6.61 Å². The van der Waals surface area contributed by atoms with Crippen molar-refractivity contribution in [1.29, 1.82) is 0 Å². The van der Waals surface area contributed by atoms with Gasteiger partial charge in [0.25, 0.3) is 0 Å². The van der Waals surface area contributed by atoms with Gasteiger partial charge < -0.3 is 29.6 Å². The largest absolute Gasteiger partial charge is 0.396 e. The van der Waals surface area contributed by atoms with E-state index in [1.807, 2.05) is 0 Å². The first-order valence-corrected chi connectivity index (χ1v) is 4.40. The Balaban J connectivity index is 3.93. The second-order valence-electron chi connectivity index (χ2n) is 2.50.